The minimum Gasteiger partial charge on any atom is -0.317 e. The molecule has 6 heteroatoms. The van der Waals surface area contributed by atoms with E-state index in [0.29, 0.717) is 28.6 Å². The molecule has 2 aromatic rings. The van der Waals surface area contributed by atoms with Crippen LogP contribution in [0.3, 0.4) is 0 Å². The van der Waals surface area contributed by atoms with Crippen molar-refractivity contribution in [2.45, 2.75) is 18.4 Å². The number of nitrogens with zero attached hydrogens (tertiary/aromatic N) is 2. The molecule has 4 nitrogen and oxygen atoms in total. The van der Waals surface area contributed by atoms with E-state index < -0.39 is 5.54 Å². The van der Waals surface area contributed by atoms with Crippen LogP contribution in [0, 0.1) is 0 Å². The smallest absolute Gasteiger partial charge is 0.254 e. The summed E-state index contributed by atoms with van der Waals surface area (Å²) in [4.78, 5) is 20.1. The van der Waals surface area contributed by atoms with E-state index in [4.69, 9.17) is 28.2 Å². The molecule has 0 atom stereocenters. The second-order valence-electron chi connectivity index (χ2n) is 6.76. The van der Waals surface area contributed by atoms with Gasteiger partial charge in [-0.3, -0.25) is 9.79 Å². The number of hydrogen-bond acceptors (Lipinski definition) is 3. The zero-order chi connectivity index (χ0) is 18.3. The number of halogens is 2. The van der Waals surface area contributed by atoms with Gasteiger partial charge >= 0.3 is 0 Å². The number of nitrogens with one attached hydrogen (secondary N) is 1. The SMILES string of the molecule is CN1C(=O)C2(CCNCC2)N=C(c2ccccc2)c2cc(Cl)cc(Cl)c21. The number of amides is 1. The molecule has 1 spiro atoms. The average Bonchev–Trinajstić information content (AvgIpc) is 2.73. The first-order chi connectivity index (χ1) is 12.5. The molecule has 26 heavy (non-hydrogen) atoms. The van der Waals surface area contributed by atoms with Gasteiger partial charge in [-0.15, -0.1) is 0 Å². The summed E-state index contributed by atoms with van der Waals surface area (Å²) in [7, 11) is 1.77. The maximum absolute atomic E-state index is 13.4. The molecule has 134 valence electrons. The molecule has 0 unspecified atom stereocenters. The molecule has 4 rings (SSSR count). The molecular weight excluding hydrogens is 369 g/mol. The minimum atomic E-state index is -0.778. The zero-order valence-corrected chi connectivity index (χ0v) is 15.9. The molecule has 0 aromatic heterocycles. The van der Waals surface area contributed by atoms with E-state index in [9.17, 15) is 4.79 Å². The van der Waals surface area contributed by atoms with E-state index in [1.165, 1.54) is 0 Å². The van der Waals surface area contributed by atoms with Crippen molar-refractivity contribution in [1.29, 1.82) is 0 Å². The highest BCUT2D eigenvalue weighted by atomic mass is 35.5. The summed E-state index contributed by atoms with van der Waals surface area (Å²) < 4.78 is 0. The summed E-state index contributed by atoms with van der Waals surface area (Å²) in [5.41, 5.74) is 2.40. The minimum absolute atomic E-state index is 0.0181. The number of hydrogen-bond donors (Lipinski definition) is 1. The lowest BCUT2D eigenvalue weighted by molar-refractivity contribution is -0.124. The fraction of sp³-hybridized carbons (Fsp3) is 0.300. The fourth-order valence-electron chi connectivity index (χ4n) is 3.81. The van der Waals surface area contributed by atoms with Crippen LogP contribution in [0.5, 0.6) is 0 Å². The molecule has 1 saturated heterocycles. The Morgan fingerprint density at radius 3 is 2.50 bits per heavy atom. The van der Waals surface area contributed by atoms with Gasteiger partial charge in [0.05, 0.1) is 16.4 Å². The van der Waals surface area contributed by atoms with E-state index in [2.05, 4.69) is 5.32 Å². The number of likely N-dealkylation sites (N-methyl/N-ethyl adjacent to an activating group) is 1. The predicted octanol–water partition coefficient (Wildman–Crippen LogP) is 3.93. The number of benzene rings is 2. The topological polar surface area (TPSA) is 44.7 Å². The molecule has 0 aliphatic carbocycles. The van der Waals surface area contributed by atoms with E-state index in [0.717, 1.165) is 29.9 Å². The van der Waals surface area contributed by atoms with Crippen LogP contribution in [0.2, 0.25) is 10.0 Å². The van der Waals surface area contributed by atoms with Gasteiger partial charge in [0.1, 0.15) is 5.54 Å². The maximum Gasteiger partial charge on any atom is 0.254 e. The quantitative estimate of drug-likeness (QED) is 0.805. The Hall–Kier alpha value is -1.88. The Kier molecular flexibility index (Phi) is 4.51. The largest absolute Gasteiger partial charge is 0.317 e. The highest BCUT2D eigenvalue weighted by molar-refractivity contribution is 6.39. The Balaban J connectivity index is 2.02. The fourth-order valence-corrected chi connectivity index (χ4v) is 4.43. The molecule has 2 aliphatic rings. The van der Waals surface area contributed by atoms with Crippen LogP contribution in [0.4, 0.5) is 5.69 Å². The summed E-state index contributed by atoms with van der Waals surface area (Å²) in [6.07, 6.45) is 1.32. The molecule has 0 saturated carbocycles. The van der Waals surface area contributed by atoms with Gasteiger partial charge in [0.15, 0.2) is 0 Å². The number of rotatable bonds is 1. The summed E-state index contributed by atoms with van der Waals surface area (Å²) in [6, 6.07) is 13.4. The standard InChI is InChI=1S/C20H19Cl2N3O/c1-25-18-15(11-14(21)12-16(18)22)17(13-5-3-2-4-6-13)24-20(19(25)26)7-9-23-10-8-20/h2-6,11-12,23H,7-10H2,1H3. The Morgan fingerprint density at radius 1 is 1.12 bits per heavy atom. The molecular formula is C20H19Cl2N3O. The maximum atomic E-state index is 13.4. The third-order valence-corrected chi connectivity index (χ3v) is 5.63. The Morgan fingerprint density at radius 2 is 1.81 bits per heavy atom. The molecule has 1 fully saturated rings. The molecule has 1 N–H and O–H groups in total. The normalized spacial score (nSPS) is 19.1. The first-order valence-electron chi connectivity index (χ1n) is 8.65. The number of carbonyl (C=O) groups is 1. The van der Waals surface area contributed by atoms with Crippen molar-refractivity contribution < 1.29 is 4.79 Å². The van der Waals surface area contributed by atoms with Crippen molar-refractivity contribution in [2.75, 3.05) is 25.0 Å². The van der Waals surface area contributed by atoms with E-state index >= 15 is 0 Å². The van der Waals surface area contributed by atoms with Gasteiger partial charge in [0.25, 0.3) is 5.91 Å². The number of aliphatic imine (C=N–C) groups is 1. The monoisotopic (exact) mass is 387 g/mol. The van der Waals surface area contributed by atoms with Gasteiger partial charge in [0.2, 0.25) is 0 Å². The van der Waals surface area contributed by atoms with Gasteiger partial charge in [-0.1, -0.05) is 53.5 Å². The number of carbonyl (C=O) groups excluding carboxylic acids is 1. The van der Waals surface area contributed by atoms with Crippen molar-refractivity contribution in [1.82, 2.24) is 5.32 Å². The molecule has 2 aliphatic heterocycles. The second kappa shape index (κ2) is 6.69. The van der Waals surface area contributed by atoms with E-state index in [-0.39, 0.29) is 5.91 Å². The Labute approximate surface area is 162 Å². The third kappa shape index (κ3) is 2.82. The van der Waals surface area contributed by atoms with Crippen molar-refractivity contribution in [3.63, 3.8) is 0 Å². The summed E-state index contributed by atoms with van der Waals surface area (Å²) in [6.45, 7) is 1.52. The molecule has 0 bridgehead atoms. The van der Waals surface area contributed by atoms with Crippen LogP contribution in [-0.2, 0) is 4.79 Å². The average molecular weight is 388 g/mol. The van der Waals surface area contributed by atoms with Crippen molar-refractivity contribution >= 4 is 40.5 Å². The zero-order valence-electron chi connectivity index (χ0n) is 14.4. The van der Waals surface area contributed by atoms with Crippen molar-refractivity contribution in [2.24, 2.45) is 4.99 Å². The van der Waals surface area contributed by atoms with Crippen LogP contribution < -0.4 is 10.2 Å². The third-order valence-electron chi connectivity index (χ3n) is 5.13. The number of anilines is 1. The first-order valence-corrected chi connectivity index (χ1v) is 9.41. The molecule has 1 amide bonds. The summed E-state index contributed by atoms with van der Waals surface area (Å²) in [5.74, 6) is -0.0181. The summed E-state index contributed by atoms with van der Waals surface area (Å²) >= 11 is 12.8. The second-order valence-corrected chi connectivity index (χ2v) is 7.60. The van der Waals surface area contributed by atoms with E-state index in [1.807, 2.05) is 36.4 Å². The highest BCUT2D eigenvalue weighted by Crippen LogP contribution is 2.40. The molecule has 2 aromatic carbocycles. The van der Waals surface area contributed by atoms with Gasteiger partial charge in [0, 0.05) is 23.2 Å². The predicted molar refractivity (Wildman–Crippen MR) is 107 cm³/mol. The molecule has 0 radical (unpaired) electrons. The van der Waals surface area contributed by atoms with Gasteiger partial charge in [-0.05, 0) is 38.1 Å². The van der Waals surface area contributed by atoms with Crippen LogP contribution in [0.1, 0.15) is 24.0 Å². The number of piperidine rings is 1. The lowest BCUT2D eigenvalue weighted by atomic mass is 9.87. The lowest BCUT2D eigenvalue weighted by Gasteiger charge is -2.34. The summed E-state index contributed by atoms with van der Waals surface area (Å²) in [5, 5.41) is 4.30. The van der Waals surface area contributed by atoms with Crippen LogP contribution in [-0.4, -0.2) is 37.3 Å². The van der Waals surface area contributed by atoms with Crippen molar-refractivity contribution in [3.8, 4) is 0 Å². The first kappa shape index (κ1) is 17.5. The van der Waals surface area contributed by atoms with Gasteiger partial charge in [-0.2, -0.15) is 0 Å². The van der Waals surface area contributed by atoms with Gasteiger partial charge < -0.3 is 10.2 Å². The number of fused-ring (bicyclic) bond motifs is 1. The van der Waals surface area contributed by atoms with Crippen LogP contribution in [0.15, 0.2) is 47.5 Å². The highest BCUT2D eigenvalue weighted by Gasteiger charge is 2.45. The lowest BCUT2D eigenvalue weighted by Crippen LogP contribution is -2.52. The van der Waals surface area contributed by atoms with Crippen molar-refractivity contribution in [3.05, 3.63) is 63.6 Å². The van der Waals surface area contributed by atoms with E-state index in [1.54, 1.807) is 18.0 Å². The molecule has 2 heterocycles. The van der Waals surface area contributed by atoms with Crippen LogP contribution in [0.25, 0.3) is 0 Å². The van der Waals surface area contributed by atoms with Crippen LogP contribution >= 0.6 is 23.2 Å². The van der Waals surface area contributed by atoms with Gasteiger partial charge in [-0.25, -0.2) is 0 Å². The Bertz CT molecular complexity index is 889.